The zero-order valence-corrected chi connectivity index (χ0v) is 13.8. The molecule has 0 saturated heterocycles. The molecule has 0 aliphatic carbocycles. The lowest BCUT2D eigenvalue weighted by Gasteiger charge is -2.03. The molecule has 104 valence electrons. The van der Waals surface area contributed by atoms with E-state index in [2.05, 4.69) is 52.6 Å². The summed E-state index contributed by atoms with van der Waals surface area (Å²) in [6.07, 6.45) is 1.13. The summed E-state index contributed by atoms with van der Waals surface area (Å²) in [5, 5.41) is 10.1. The Hall–Kier alpha value is -0.940. The Morgan fingerprint density at radius 3 is 2.80 bits per heavy atom. The lowest BCUT2D eigenvalue weighted by atomic mass is 10.2. The highest BCUT2D eigenvalue weighted by atomic mass is 32.1. The van der Waals surface area contributed by atoms with Crippen LogP contribution in [0.5, 0.6) is 0 Å². The first-order valence-corrected chi connectivity index (χ1v) is 9.38. The minimum Gasteiger partial charge on any atom is -0.307 e. The van der Waals surface area contributed by atoms with Crippen LogP contribution in [0.4, 0.5) is 0 Å². The smallest absolute Gasteiger partial charge is 0.0351 e. The number of hydrogen-bond donors (Lipinski definition) is 1. The van der Waals surface area contributed by atoms with E-state index in [-0.39, 0.29) is 0 Å². The lowest BCUT2D eigenvalue weighted by molar-refractivity contribution is 0.704. The van der Waals surface area contributed by atoms with Crippen LogP contribution < -0.4 is 5.32 Å². The van der Waals surface area contributed by atoms with E-state index in [9.17, 15) is 0 Å². The van der Waals surface area contributed by atoms with Gasteiger partial charge in [-0.15, -0.1) is 34.0 Å². The van der Waals surface area contributed by atoms with Crippen molar-refractivity contribution >= 4 is 34.0 Å². The highest BCUT2D eigenvalue weighted by molar-refractivity contribution is 7.14. The van der Waals surface area contributed by atoms with Gasteiger partial charge in [-0.2, -0.15) is 0 Å². The molecule has 3 heterocycles. The van der Waals surface area contributed by atoms with E-state index in [4.69, 9.17) is 0 Å². The SMILES string of the molecule is CCc1ccsc1CNCc1cc(-c2cccs2)cs1. The fourth-order valence-electron chi connectivity index (χ4n) is 2.18. The van der Waals surface area contributed by atoms with E-state index >= 15 is 0 Å². The second kappa shape index (κ2) is 6.68. The molecule has 3 aromatic heterocycles. The second-order valence-corrected chi connectivity index (χ2v) is 7.55. The van der Waals surface area contributed by atoms with Crippen LogP contribution in [0.15, 0.2) is 40.4 Å². The number of nitrogens with one attached hydrogen (secondary N) is 1. The average molecular weight is 320 g/mol. The first-order chi connectivity index (χ1) is 9.86. The molecule has 0 amide bonds. The van der Waals surface area contributed by atoms with Crippen molar-refractivity contribution in [3.63, 3.8) is 0 Å². The molecule has 3 rings (SSSR count). The third kappa shape index (κ3) is 3.20. The van der Waals surface area contributed by atoms with E-state index < -0.39 is 0 Å². The van der Waals surface area contributed by atoms with Crippen LogP contribution in [0.25, 0.3) is 10.4 Å². The van der Waals surface area contributed by atoms with Crippen molar-refractivity contribution in [3.8, 4) is 10.4 Å². The first-order valence-electron chi connectivity index (χ1n) is 6.74. The minimum atomic E-state index is 0.955. The number of aryl methyl sites for hydroxylation is 1. The monoisotopic (exact) mass is 319 g/mol. The van der Waals surface area contributed by atoms with Crippen LogP contribution in [-0.4, -0.2) is 0 Å². The molecule has 20 heavy (non-hydrogen) atoms. The molecular weight excluding hydrogens is 302 g/mol. The molecule has 1 nitrogen and oxygen atoms in total. The molecule has 0 bridgehead atoms. The van der Waals surface area contributed by atoms with Gasteiger partial charge in [-0.1, -0.05) is 13.0 Å². The number of hydrogen-bond acceptors (Lipinski definition) is 4. The van der Waals surface area contributed by atoms with Gasteiger partial charge in [-0.25, -0.2) is 0 Å². The molecule has 0 aliphatic rings. The van der Waals surface area contributed by atoms with Crippen molar-refractivity contribution in [2.45, 2.75) is 26.4 Å². The summed E-state index contributed by atoms with van der Waals surface area (Å²) in [6, 6.07) is 8.84. The molecule has 0 saturated carbocycles. The Morgan fingerprint density at radius 1 is 1.05 bits per heavy atom. The van der Waals surface area contributed by atoms with Crippen molar-refractivity contribution < 1.29 is 0 Å². The number of rotatable bonds is 6. The van der Waals surface area contributed by atoms with Gasteiger partial charge in [0, 0.05) is 33.3 Å². The molecule has 0 unspecified atom stereocenters. The maximum absolute atomic E-state index is 3.56. The quantitative estimate of drug-likeness (QED) is 0.642. The van der Waals surface area contributed by atoms with Crippen molar-refractivity contribution in [1.82, 2.24) is 5.32 Å². The van der Waals surface area contributed by atoms with Crippen LogP contribution in [0.1, 0.15) is 22.2 Å². The van der Waals surface area contributed by atoms with E-state index in [1.807, 2.05) is 22.7 Å². The van der Waals surface area contributed by atoms with Gasteiger partial charge in [-0.3, -0.25) is 0 Å². The van der Waals surface area contributed by atoms with Gasteiger partial charge in [0.25, 0.3) is 0 Å². The van der Waals surface area contributed by atoms with Crippen molar-refractivity contribution in [3.05, 3.63) is 55.7 Å². The topological polar surface area (TPSA) is 12.0 Å². The Bertz CT molecular complexity index is 649. The summed E-state index contributed by atoms with van der Waals surface area (Å²) in [6.45, 7) is 4.16. The third-order valence-corrected chi connectivity index (χ3v) is 6.08. The van der Waals surface area contributed by atoms with Crippen LogP contribution >= 0.6 is 34.0 Å². The summed E-state index contributed by atoms with van der Waals surface area (Å²) in [5.74, 6) is 0. The average Bonchev–Trinajstić information content (AvgIpc) is 3.20. The maximum atomic E-state index is 3.56. The van der Waals surface area contributed by atoms with Crippen molar-refractivity contribution in [2.24, 2.45) is 0 Å². The fourth-order valence-corrected chi connectivity index (χ4v) is 4.77. The summed E-state index contributed by atoms with van der Waals surface area (Å²) in [5.41, 5.74) is 2.83. The molecule has 0 fully saturated rings. The molecule has 0 aromatic carbocycles. The van der Waals surface area contributed by atoms with Gasteiger partial charge in [-0.05, 0) is 46.3 Å². The molecule has 3 aromatic rings. The van der Waals surface area contributed by atoms with Crippen molar-refractivity contribution in [2.75, 3.05) is 0 Å². The summed E-state index contributed by atoms with van der Waals surface area (Å²) in [4.78, 5) is 4.24. The van der Waals surface area contributed by atoms with Crippen molar-refractivity contribution in [1.29, 1.82) is 0 Å². The standard InChI is InChI=1S/C16H17NS3/c1-2-12-5-7-19-16(12)10-17-9-14-8-13(11-20-14)15-4-3-6-18-15/h3-8,11,17H,2,9-10H2,1H3. The van der Waals surface area contributed by atoms with Crippen LogP contribution in [0.2, 0.25) is 0 Å². The zero-order valence-electron chi connectivity index (χ0n) is 11.4. The first kappa shape index (κ1) is 14.0. The summed E-state index contributed by atoms with van der Waals surface area (Å²) >= 11 is 5.50. The molecule has 0 spiro atoms. The van der Waals surface area contributed by atoms with Crippen LogP contribution in [0, 0.1) is 0 Å². The minimum absolute atomic E-state index is 0.955. The Labute approximate surface area is 131 Å². The zero-order chi connectivity index (χ0) is 13.8. The Balaban J connectivity index is 1.57. The second-order valence-electron chi connectivity index (χ2n) is 4.61. The molecule has 0 radical (unpaired) electrons. The molecular formula is C16H17NS3. The predicted octanol–water partition coefficient (Wildman–Crippen LogP) is 5.39. The molecule has 0 atom stereocenters. The third-order valence-electron chi connectivity index (χ3n) is 3.26. The summed E-state index contributed by atoms with van der Waals surface area (Å²) < 4.78 is 0. The number of thiophene rings is 3. The van der Waals surface area contributed by atoms with Gasteiger partial charge in [0.05, 0.1) is 0 Å². The Kier molecular flexibility index (Phi) is 4.68. The normalized spacial score (nSPS) is 11.1. The highest BCUT2D eigenvalue weighted by Crippen LogP contribution is 2.29. The van der Waals surface area contributed by atoms with E-state index in [0.29, 0.717) is 0 Å². The Morgan fingerprint density at radius 2 is 2.00 bits per heavy atom. The summed E-state index contributed by atoms with van der Waals surface area (Å²) in [7, 11) is 0. The van der Waals surface area contributed by atoms with Gasteiger partial charge in [0.1, 0.15) is 0 Å². The fraction of sp³-hybridized carbons (Fsp3) is 0.250. The van der Waals surface area contributed by atoms with Gasteiger partial charge >= 0.3 is 0 Å². The van der Waals surface area contributed by atoms with Gasteiger partial charge < -0.3 is 5.32 Å². The highest BCUT2D eigenvalue weighted by Gasteiger charge is 2.05. The van der Waals surface area contributed by atoms with Crippen LogP contribution in [-0.2, 0) is 19.5 Å². The van der Waals surface area contributed by atoms with E-state index in [1.165, 1.54) is 25.8 Å². The lowest BCUT2D eigenvalue weighted by Crippen LogP contribution is -2.11. The molecule has 4 heteroatoms. The van der Waals surface area contributed by atoms with Gasteiger partial charge in [0.15, 0.2) is 0 Å². The molecule has 0 aliphatic heterocycles. The van der Waals surface area contributed by atoms with E-state index in [1.54, 1.807) is 11.3 Å². The predicted molar refractivity (Wildman–Crippen MR) is 91.9 cm³/mol. The van der Waals surface area contributed by atoms with Crippen LogP contribution in [0.3, 0.4) is 0 Å². The van der Waals surface area contributed by atoms with E-state index in [0.717, 1.165) is 19.5 Å². The largest absolute Gasteiger partial charge is 0.307 e. The maximum Gasteiger partial charge on any atom is 0.0351 e. The molecule has 1 N–H and O–H groups in total. The van der Waals surface area contributed by atoms with Gasteiger partial charge in [0.2, 0.25) is 0 Å².